The summed E-state index contributed by atoms with van der Waals surface area (Å²) < 4.78 is 14.0. The van der Waals surface area contributed by atoms with Crippen LogP contribution >= 0.6 is 15.9 Å². The third-order valence-corrected chi connectivity index (χ3v) is 2.69. The van der Waals surface area contributed by atoms with Gasteiger partial charge in [0.15, 0.2) is 0 Å². The standard InChI is InChI=1S/C10H13BrFNO/c1-6-3-4-7(11)10(12)9(6)8(14)5-13-2/h3-4,8,13-14H,5H2,1-2H3. The predicted octanol–water partition coefficient (Wildman–Crippen LogP) is 2.15. The first kappa shape index (κ1) is 11.6. The van der Waals surface area contributed by atoms with Gasteiger partial charge in [0, 0.05) is 12.1 Å². The highest BCUT2D eigenvalue weighted by molar-refractivity contribution is 9.10. The molecule has 2 nitrogen and oxygen atoms in total. The normalized spacial score (nSPS) is 12.9. The van der Waals surface area contributed by atoms with Crippen molar-refractivity contribution in [3.8, 4) is 0 Å². The van der Waals surface area contributed by atoms with Crippen molar-refractivity contribution >= 4 is 15.9 Å². The topological polar surface area (TPSA) is 32.3 Å². The Morgan fingerprint density at radius 1 is 1.57 bits per heavy atom. The molecule has 1 aromatic rings. The summed E-state index contributed by atoms with van der Waals surface area (Å²) in [6, 6.07) is 3.42. The Kier molecular flexibility index (Phi) is 4.04. The second kappa shape index (κ2) is 4.87. The molecule has 0 aromatic heterocycles. The maximum atomic E-state index is 13.6. The summed E-state index contributed by atoms with van der Waals surface area (Å²) in [6.45, 7) is 2.12. The first-order valence-corrected chi connectivity index (χ1v) is 5.14. The van der Waals surface area contributed by atoms with E-state index in [9.17, 15) is 9.50 Å². The molecule has 1 atom stereocenters. The van der Waals surface area contributed by atoms with Crippen LogP contribution in [0.25, 0.3) is 0 Å². The number of benzene rings is 1. The van der Waals surface area contributed by atoms with Crippen molar-refractivity contribution in [2.45, 2.75) is 13.0 Å². The smallest absolute Gasteiger partial charge is 0.143 e. The largest absolute Gasteiger partial charge is 0.387 e. The number of aliphatic hydroxyl groups excluding tert-OH is 1. The molecule has 0 aliphatic rings. The van der Waals surface area contributed by atoms with Crippen molar-refractivity contribution in [3.05, 3.63) is 33.5 Å². The molecular formula is C10H13BrFNO. The summed E-state index contributed by atoms with van der Waals surface area (Å²) >= 11 is 3.09. The lowest BCUT2D eigenvalue weighted by Crippen LogP contribution is -2.18. The third-order valence-electron chi connectivity index (χ3n) is 2.08. The molecule has 0 amide bonds. The predicted molar refractivity (Wildman–Crippen MR) is 57.7 cm³/mol. The van der Waals surface area contributed by atoms with Gasteiger partial charge in [-0.25, -0.2) is 4.39 Å². The second-order valence-corrected chi connectivity index (χ2v) is 4.02. The van der Waals surface area contributed by atoms with Crippen molar-refractivity contribution in [1.29, 1.82) is 0 Å². The van der Waals surface area contributed by atoms with E-state index in [1.54, 1.807) is 26.1 Å². The van der Waals surface area contributed by atoms with Crippen molar-refractivity contribution in [2.24, 2.45) is 0 Å². The van der Waals surface area contributed by atoms with Gasteiger partial charge in [0.25, 0.3) is 0 Å². The van der Waals surface area contributed by atoms with Crippen LogP contribution in [0.4, 0.5) is 4.39 Å². The molecule has 0 fully saturated rings. The minimum absolute atomic E-state index is 0.341. The molecule has 0 heterocycles. The van der Waals surface area contributed by atoms with E-state index >= 15 is 0 Å². The molecule has 0 bridgehead atoms. The Bertz CT molecular complexity index is 330. The summed E-state index contributed by atoms with van der Waals surface area (Å²) in [5.74, 6) is -0.382. The van der Waals surface area contributed by atoms with Crippen molar-refractivity contribution < 1.29 is 9.50 Å². The number of hydrogen-bond acceptors (Lipinski definition) is 2. The second-order valence-electron chi connectivity index (χ2n) is 3.17. The summed E-state index contributed by atoms with van der Waals surface area (Å²) in [6.07, 6.45) is -0.808. The highest BCUT2D eigenvalue weighted by atomic mass is 79.9. The van der Waals surface area contributed by atoms with Gasteiger partial charge in [0.2, 0.25) is 0 Å². The summed E-state index contributed by atoms with van der Waals surface area (Å²) in [4.78, 5) is 0. The zero-order valence-corrected chi connectivity index (χ0v) is 9.73. The lowest BCUT2D eigenvalue weighted by molar-refractivity contribution is 0.172. The van der Waals surface area contributed by atoms with Gasteiger partial charge in [0.1, 0.15) is 5.82 Å². The van der Waals surface area contributed by atoms with Gasteiger partial charge in [-0.05, 0) is 41.5 Å². The molecule has 0 aliphatic heterocycles. The van der Waals surface area contributed by atoms with Crippen molar-refractivity contribution in [3.63, 3.8) is 0 Å². The Hall–Kier alpha value is -0.450. The average Bonchev–Trinajstić information content (AvgIpc) is 2.13. The fraction of sp³-hybridized carbons (Fsp3) is 0.400. The van der Waals surface area contributed by atoms with Gasteiger partial charge in [0.05, 0.1) is 10.6 Å². The fourth-order valence-corrected chi connectivity index (χ4v) is 1.71. The van der Waals surface area contributed by atoms with Gasteiger partial charge >= 0.3 is 0 Å². The van der Waals surface area contributed by atoms with Crippen LogP contribution in [0.2, 0.25) is 0 Å². The Morgan fingerprint density at radius 2 is 2.21 bits per heavy atom. The van der Waals surface area contributed by atoms with Crippen LogP contribution in [-0.2, 0) is 0 Å². The maximum Gasteiger partial charge on any atom is 0.143 e. The zero-order valence-electron chi connectivity index (χ0n) is 8.14. The first-order chi connectivity index (χ1) is 6.57. The van der Waals surface area contributed by atoms with E-state index in [0.29, 0.717) is 16.6 Å². The molecule has 4 heteroatoms. The molecule has 78 valence electrons. The summed E-state index contributed by atoms with van der Waals surface area (Å²) in [7, 11) is 1.72. The minimum Gasteiger partial charge on any atom is -0.387 e. The number of aliphatic hydroxyl groups is 1. The quantitative estimate of drug-likeness (QED) is 0.874. The fourth-order valence-electron chi connectivity index (χ4n) is 1.37. The monoisotopic (exact) mass is 261 g/mol. The number of hydrogen-bond donors (Lipinski definition) is 2. The van der Waals surface area contributed by atoms with Crippen LogP contribution in [0.3, 0.4) is 0 Å². The van der Waals surface area contributed by atoms with Gasteiger partial charge in [-0.2, -0.15) is 0 Å². The lowest BCUT2D eigenvalue weighted by atomic mass is 10.0. The number of halogens is 2. The molecule has 0 saturated carbocycles. The molecule has 2 N–H and O–H groups in total. The van der Waals surface area contributed by atoms with E-state index in [2.05, 4.69) is 21.2 Å². The maximum absolute atomic E-state index is 13.6. The summed E-state index contributed by atoms with van der Waals surface area (Å²) in [5.41, 5.74) is 1.11. The minimum atomic E-state index is -0.808. The first-order valence-electron chi connectivity index (χ1n) is 4.35. The third kappa shape index (κ3) is 2.32. The molecule has 0 saturated heterocycles. The number of rotatable bonds is 3. The van der Waals surface area contributed by atoms with Crippen LogP contribution in [0, 0.1) is 12.7 Å². The highest BCUT2D eigenvalue weighted by Crippen LogP contribution is 2.26. The Morgan fingerprint density at radius 3 is 2.79 bits per heavy atom. The van der Waals surface area contributed by atoms with E-state index in [4.69, 9.17) is 0 Å². The van der Waals surface area contributed by atoms with Gasteiger partial charge in [-0.1, -0.05) is 6.07 Å². The molecule has 0 aliphatic carbocycles. The Balaban J connectivity index is 3.11. The van der Waals surface area contributed by atoms with Crippen LogP contribution in [0.1, 0.15) is 17.2 Å². The van der Waals surface area contributed by atoms with Gasteiger partial charge in [-0.3, -0.25) is 0 Å². The SMILES string of the molecule is CNCC(O)c1c(C)ccc(Br)c1F. The molecular weight excluding hydrogens is 249 g/mol. The van der Waals surface area contributed by atoms with E-state index in [1.807, 2.05) is 0 Å². The Labute approximate surface area is 91.3 Å². The van der Waals surface area contributed by atoms with Crippen LogP contribution in [0.15, 0.2) is 16.6 Å². The molecule has 1 rings (SSSR count). The molecule has 1 unspecified atom stereocenters. The average molecular weight is 262 g/mol. The van der Waals surface area contributed by atoms with E-state index in [-0.39, 0.29) is 5.82 Å². The molecule has 0 spiro atoms. The van der Waals surface area contributed by atoms with E-state index < -0.39 is 6.10 Å². The molecule has 1 aromatic carbocycles. The highest BCUT2D eigenvalue weighted by Gasteiger charge is 2.16. The van der Waals surface area contributed by atoms with Crippen LogP contribution < -0.4 is 5.32 Å². The number of likely N-dealkylation sites (N-methyl/N-ethyl adjacent to an activating group) is 1. The molecule has 14 heavy (non-hydrogen) atoms. The number of nitrogens with one attached hydrogen (secondary N) is 1. The zero-order chi connectivity index (χ0) is 10.7. The van der Waals surface area contributed by atoms with Gasteiger partial charge < -0.3 is 10.4 Å². The van der Waals surface area contributed by atoms with Crippen molar-refractivity contribution in [2.75, 3.05) is 13.6 Å². The number of aryl methyl sites for hydroxylation is 1. The van der Waals surface area contributed by atoms with Crippen molar-refractivity contribution in [1.82, 2.24) is 5.32 Å². The van der Waals surface area contributed by atoms with Crippen LogP contribution in [0.5, 0.6) is 0 Å². The lowest BCUT2D eigenvalue weighted by Gasteiger charge is -2.14. The van der Waals surface area contributed by atoms with E-state index in [1.165, 1.54) is 0 Å². The van der Waals surface area contributed by atoms with Gasteiger partial charge in [-0.15, -0.1) is 0 Å². The van der Waals surface area contributed by atoms with E-state index in [0.717, 1.165) is 5.56 Å². The summed E-state index contributed by atoms with van der Waals surface area (Å²) in [5, 5.41) is 12.5. The molecule has 0 radical (unpaired) electrons. The van der Waals surface area contributed by atoms with Crippen LogP contribution in [-0.4, -0.2) is 18.7 Å².